The number of halogens is 2. The number of benzene rings is 1. The Morgan fingerprint density at radius 3 is 2.86 bits per heavy atom. The highest BCUT2D eigenvalue weighted by atomic mass is 35.5. The number of pyridine rings is 2. The molecule has 5 rings (SSSR count). The molecule has 1 saturated heterocycles. The zero-order valence-corrected chi connectivity index (χ0v) is 16.3. The number of ether oxygens (including phenoxy) is 1. The van der Waals surface area contributed by atoms with Crippen LogP contribution in [0.3, 0.4) is 0 Å². The molecule has 1 atom stereocenters. The predicted molar refractivity (Wildman–Crippen MR) is 110 cm³/mol. The van der Waals surface area contributed by atoms with Gasteiger partial charge in [-0.15, -0.1) is 0 Å². The lowest BCUT2D eigenvalue weighted by Crippen LogP contribution is -2.18. The Kier molecular flexibility index (Phi) is 4.73. The first kappa shape index (κ1) is 18.2. The van der Waals surface area contributed by atoms with Gasteiger partial charge in [0.1, 0.15) is 17.7 Å². The van der Waals surface area contributed by atoms with Crippen molar-refractivity contribution in [3.8, 4) is 22.5 Å². The van der Waals surface area contributed by atoms with Gasteiger partial charge in [-0.25, -0.2) is 14.1 Å². The van der Waals surface area contributed by atoms with E-state index >= 15 is 0 Å². The van der Waals surface area contributed by atoms with Crippen molar-refractivity contribution in [3.63, 3.8) is 0 Å². The Bertz CT molecular complexity index is 1190. The van der Waals surface area contributed by atoms with Crippen molar-refractivity contribution >= 4 is 22.6 Å². The van der Waals surface area contributed by atoms with Crippen molar-refractivity contribution in [2.45, 2.75) is 25.5 Å². The molecule has 29 heavy (non-hydrogen) atoms. The molecule has 5 nitrogen and oxygen atoms in total. The second-order valence-electron chi connectivity index (χ2n) is 7.05. The van der Waals surface area contributed by atoms with Gasteiger partial charge in [-0.3, -0.25) is 4.98 Å². The zero-order valence-electron chi connectivity index (χ0n) is 15.6. The second-order valence-corrected chi connectivity index (χ2v) is 7.49. The van der Waals surface area contributed by atoms with Crippen LogP contribution in [-0.2, 0) is 4.74 Å². The second kappa shape index (κ2) is 7.54. The number of aromatic nitrogens is 4. The van der Waals surface area contributed by atoms with Gasteiger partial charge < -0.3 is 4.74 Å². The summed E-state index contributed by atoms with van der Waals surface area (Å²) >= 11 is 6.15. The molecule has 0 bridgehead atoms. The van der Waals surface area contributed by atoms with E-state index in [4.69, 9.17) is 26.4 Å². The summed E-state index contributed by atoms with van der Waals surface area (Å²) in [6.45, 7) is 0.695. The van der Waals surface area contributed by atoms with Gasteiger partial charge >= 0.3 is 0 Å². The maximum atomic E-state index is 14.7. The van der Waals surface area contributed by atoms with Crippen LogP contribution in [0.5, 0.6) is 0 Å². The van der Waals surface area contributed by atoms with Gasteiger partial charge in [-0.1, -0.05) is 11.6 Å². The van der Waals surface area contributed by atoms with Crippen LogP contribution >= 0.6 is 11.6 Å². The van der Waals surface area contributed by atoms with E-state index in [1.807, 2.05) is 30.5 Å². The van der Waals surface area contributed by atoms with Gasteiger partial charge in [0.25, 0.3) is 0 Å². The molecule has 0 saturated carbocycles. The monoisotopic (exact) mass is 408 g/mol. The van der Waals surface area contributed by atoms with Crippen LogP contribution in [-0.4, -0.2) is 26.4 Å². The van der Waals surface area contributed by atoms with Gasteiger partial charge in [-0.05, 0) is 61.7 Å². The molecule has 4 heterocycles. The molecule has 0 amide bonds. The average Bonchev–Trinajstić information content (AvgIpc) is 3.21. The van der Waals surface area contributed by atoms with E-state index in [1.165, 1.54) is 12.1 Å². The van der Waals surface area contributed by atoms with Gasteiger partial charge in [0.15, 0.2) is 0 Å². The lowest BCUT2D eigenvalue weighted by Gasteiger charge is -2.22. The first-order valence-corrected chi connectivity index (χ1v) is 9.95. The van der Waals surface area contributed by atoms with Gasteiger partial charge in [0, 0.05) is 35.2 Å². The molecule has 3 aromatic heterocycles. The quantitative estimate of drug-likeness (QED) is 0.439. The first-order chi connectivity index (χ1) is 14.2. The topological polar surface area (TPSA) is 52.8 Å². The van der Waals surface area contributed by atoms with Crippen molar-refractivity contribution in [2.75, 3.05) is 6.61 Å². The maximum absolute atomic E-state index is 14.7. The van der Waals surface area contributed by atoms with Crippen LogP contribution < -0.4 is 0 Å². The predicted octanol–water partition coefficient (Wildman–Crippen LogP) is 5.65. The van der Waals surface area contributed by atoms with Crippen molar-refractivity contribution in [1.82, 2.24) is 19.7 Å². The molecule has 4 aromatic rings. The summed E-state index contributed by atoms with van der Waals surface area (Å²) in [7, 11) is 0. The summed E-state index contributed by atoms with van der Waals surface area (Å²) < 4.78 is 22.3. The minimum absolute atomic E-state index is 0.166. The lowest BCUT2D eigenvalue weighted by atomic mass is 10.0. The fourth-order valence-corrected chi connectivity index (χ4v) is 3.82. The van der Waals surface area contributed by atoms with Crippen LogP contribution in [0.1, 0.15) is 25.5 Å². The number of hydrogen-bond donors (Lipinski definition) is 0. The van der Waals surface area contributed by atoms with E-state index in [1.54, 1.807) is 16.9 Å². The normalized spacial score (nSPS) is 17.0. The van der Waals surface area contributed by atoms with E-state index in [9.17, 15) is 4.39 Å². The lowest BCUT2D eigenvalue weighted by molar-refractivity contribution is -0.0393. The molecule has 1 unspecified atom stereocenters. The summed E-state index contributed by atoms with van der Waals surface area (Å²) in [6.07, 6.45) is 6.43. The molecular formula is C22H18ClFN4O. The van der Waals surface area contributed by atoms with Crippen molar-refractivity contribution < 1.29 is 9.13 Å². The van der Waals surface area contributed by atoms with E-state index < -0.39 is 0 Å². The highest BCUT2D eigenvalue weighted by Crippen LogP contribution is 2.35. The molecule has 7 heteroatoms. The SMILES string of the molecule is Fc1ccc(Cl)cc1-c1nn(C2CCCCO2)cc1-c1ccc2ncccc2n1. The third-order valence-electron chi connectivity index (χ3n) is 5.10. The number of rotatable bonds is 3. The van der Waals surface area contributed by atoms with Crippen molar-refractivity contribution in [3.05, 3.63) is 65.7 Å². The fourth-order valence-electron chi connectivity index (χ4n) is 3.64. The van der Waals surface area contributed by atoms with Gasteiger partial charge in [0.2, 0.25) is 0 Å². The summed E-state index contributed by atoms with van der Waals surface area (Å²) in [6, 6.07) is 12.0. The molecule has 0 radical (unpaired) electrons. The molecular weight excluding hydrogens is 391 g/mol. The summed E-state index contributed by atoms with van der Waals surface area (Å²) in [4.78, 5) is 9.05. The molecule has 1 aliphatic heterocycles. The highest BCUT2D eigenvalue weighted by molar-refractivity contribution is 6.30. The Morgan fingerprint density at radius 2 is 2.00 bits per heavy atom. The Morgan fingerprint density at radius 1 is 1.07 bits per heavy atom. The van der Waals surface area contributed by atoms with Gasteiger partial charge in [-0.2, -0.15) is 5.10 Å². The van der Waals surface area contributed by atoms with E-state index in [0.29, 0.717) is 28.6 Å². The molecule has 1 aliphatic rings. The van der Waals surface area contributed by atoms with Crippen LogP contribution in [0.15, 0.2) is 54.9 Å². The van der Waals surface area contributed by atoms with Crippen LogP contribution in [0.2, 0.25) is 5.02 Å². The van der Waals surface area contributed by atoms with Crippen molar-refractivity contribution in [2.24, 2.45) is 0 Å². The summed E-state index contributed by atoms with van der Waals surface area (Å²) in [5.74, 6) is -0.382. The summed E-state index contributed by atoms with van der Waals surface area (Å²) in [5, 5.41) is 5.15. The van der Waals surface area contributed by atoms with Crippen LogP contribution in [0, 0.1) is 5.82 Å². The van der Waals surface area contributed by atoms with Crippen LogP contribution in [0.25, 0.3) is 33.5 Å². The molecule has 0 spiro atoms. The molecule has 1 fully saturated rings. The molecule has 146 valence electrons. The standard InChI is InChI=1S/C22H18ClFN4O/c23-14-6-7-17(24)15(12-14)22-16(13-28(27-22)21-5-1-2-11-29-21)18-8-9-19-20(26-18)4-3-10-25-19/h3-4,6-10,12-13,21H,1-2,5,11H2. The number of fused-ring (bicyclic) bond motifs is 1. The van der Waals surface area contributed by atoms with Gasteiger partial charge in [0.05, 0.1) is 16.7 Å². The van der Waals surface area contributed by atoms with E-state index in [-0.39, 0.29) is 12.0 Å². The maximum Gasteiger partial charge on any atom is 0.150 e. The van der Waals surface area contributed by atoms with E-state index in [2.05, 4.69) is 4.98 Å². The smallest absolute Gasteiger partial charge is 0.150 e. The number of hydrogen-bond acceptors (Lipinski definition) is 4. The molecule has 0 N–H and O–H groups in total. The Labute approximate surface area is 172 Å². The first-order valence-electron chi connectivity index (χ1n) is 9.57. The van der Waals surface area contributed by atoms with Crippen molar-refractivity contribution in [1.29, 1.82) is 0 Å². The minimum atomic E-state index is -0.382. The highest BCUT2D eigenvalue weighted by Gasteiger charge is 2.23. The third kappa shape index (κ3) is 3.50. The van der Waals surface area contributed by atoms with E-state index in [0.717, 1.165) is 35.9 Å². The zero-order chi connectivity index (χ0) is 19.8. The average molecular weight is 409 g/mol. The largest absolute Gasteiger partial charge is 0.357 e. The Hall–Kier alpha value is -2.83. The molecule has 0 aliphatic carbocycles. The third-order valence-corrected chi connectivity index (χ3v) is 5.33. The molecule has 1 aromatic carbocycles. The Balaban J connectivity index is 1.69. The minimum Gasteiger partial charge on any atom is -0.357 e. The fraction of sp³-hybridized carbons (Fsp3) is 0.227. The number of nitrogens with zero attached hydrogens (tertiary/aromatic N) is 4. The van der Waals surface area contributed by atoms with Crippen LogP contribution in [0.4, 0.5) is 4.39 Å². The summed E-state index contributed by atoms with van der Waals surface area (Å²) in [5.41, 5.74) is 3.83.